The largest absolute Gasteiger partial charge is 0.326 e. The lowest BCUT2D eigenvalue weighted by Crippen LogP contribution is -2.41. The molecular formula is C24H26N4O3S. The number of carbonyl (C=O) groups excluding carboxylic acids is 1. The first-order valence-electron chi connectivity index (χ1n) is 11.0. The van der Waals surface area contributed by atoms with Crippen LogP contribution in [0.3, 0.4) is 0 Å². The Bertz CT molecular complexity index is 1230. The van der Waals surface area contributed by atoms with Crippen LogP contribution >= 0.6 is 0 Å². The fraction of sp³-hybridized carbons (Fsp3) is 0.333. The van der Waals surface area contributed by atoms with Crippen LogP contribution in [-0.4, -0.2) is 41.9 Å². The molecular weight excluding hydrogens is 424 g/mol. The van der Waals surface area contributed by atoms with Crippen molar-refractivity contribution in [3.63, 3.8) is 0 Å². The van der Waals surface area contributed by atoms with E-state index in [9.17, 15) is 13.2 Å². The molecule has 2 aliphatic rings. The summed E-state index contributed by atoms with van der Waals surface area (Å²) < 4.78 is 27.8. The van der Waals surface area contributed by atoms with Crippen LogP contribution in [0, 0.1) is 5.92 Å². The lowest BCUT2D eigenvalue weighted by molar-refractivity contribution is -0.120. The number of sulfonamides is 1. The number of benzene rings is 2. The lowest BCUT2D eigenvalue weighted by Gasteiger charge is -2.30. The van der Waals surface area contributed by atoms with E-state index in [0.29, 0.717) is 30.8 Å². The molecule has 0 atom stereocenters. The van der Waals surface area contributed by atoms with Crippen molar-refractivity contribution in [2.75, 3.05) is 18.4 Å². The summed E-state index contributed by atoms with van der Waals surface area (Å²) in [6, 6.07) is 15.0. The fourth-order valence-corrected chi connectivity index (χ4v) is 6.16. The molecule has 5 rings (SSSR count). The summed E-state index contributed by atoms with van der Waals surface area (Å²) in [6.07, 6.45) is 5.77. The number of nitrogens with one attached hydrogen (secondary N) is 2. The normalized spacial score (nSPS) is 17.2. The number of fused-ring (bicyclic) bond motifs is 1. The summed E-state index contributed by atoms with van der Waals surface area (Å²) in [6.45, 7) is 0.706. The van der Waals surface area contributed by atoms with Gasteiger partial charge in [0, 0.05) is 36.5 Å². The quantitative estimate of drug-likeness (QED) is 0.621. The van der Waals surface area contributed by atoms with Gasteiger partial charge in [-0.1, -0.05) is 18.2 Å². The molecule has 2 N–H and O–H groups in total. The van der Waals surface area contributed by atoms with E-state index in [4.69, 9.17) is 0 Å². The zero-order valence-electron chi connectivity index (χ0n) is 17.8. The first-order chi connectivity index (χ1) is 15.5. The van der Waals surface area contributed by atoms with Gasteiger partial charge in [0.2, 0.25) is 15.9 Å². The van der Waals surface area contributed by atoms with Gasteiger partial charge in [-0.2, -0.15) is 9.40 Å². The van der Waals surface area contributed by atoms with E-state index in [1.165, 1.54) is 9.87 Å². The average molecular weight is 451 g/mol. The van der Waals surface area contributed by atoms with Crippen LogP contribution in [0.25, 0.3) is 11.3 Å². The van der Waals surface area contributed by atoms with Crippen molar-refractivity contribution in [1.29, 1.82) is 0 Å². The summed E-state index contributed by atoms with van der Waals surface area (Å²) >= 11 is 0. The minimum Gasteiger partial charge on any atom is -0.326 e. The van der Waals surface area contributed by atoms with Gasteiger partial charge in [-0.25, -0.2) is 8.42 Å². The number of H-pyrrole nitrogens is 1. The smallest absolute Gasteiger partial charge is 0.243 e. The second-order valence-corrected chi connectivity index (χ2v) is 10.4. The third-order valence-corrected chi connectivity index (χ3v) is 8.37. The Kier molecular flexibility index (Phi) is 5.57. The zero-order valence-corrected chi connectivity index (χ0v) is 18.6. The molecule has 8 heteroatoms. The zero-order chi connectivity index (χ0) is 22.1. The van der Waals surface area contributed by atoms with E-state index in [2.05, 4.69) is 15.5 Å². The average Bonchev–Trinajstić information content (AvgIpc) is 3.51. The number of hydrogen-bond donors (Lipinski definition) is 2. The number of rotatable bonds is 5. The van der Waals surface area contributed by atoms with E-state index in [0.717, 1.165) is 41.8 Å². The van der Waals surface area contributed by atoms with Crippen LogP contribution in [0.15, 0.2) is 59.6 Å². The molecule has 1 aromatic heterocycles. The molecule has 0 radical (unpaired) electrons. The van der Waals surface area contributed by atoms with Crippen LogP contribution in [0.2, 0.25) is 0 Å². The standard InChI is InChI=1S/C24H26N4O3S/c29-24(26-21-6-2-5-20(15-21)23-9-12-25-27-23)18-10-13-28(14-11-18)32(30,31)22-8-7-17-3-1-4-19(17)16-22/h2,5-9,12,15-16,18H,1,3-4,10-11,13-14H2,(H,25,27)(H,26,29). The third kappa shape index (κ3) is 4.08. The molecule has 1 aliphatic carbocycles. The van der Waals surface area contributed by atoms with Gasteiger partial charge in [-0.15, -0.1) is 0 Å². The number of hydrogen-bond acceptors (Lipinski definition) is 4. The first kappa shape index (κ1) is 20.9. The van der Waals surface area contributed by atoms with Crippen molar-refractivity contribution < 1.29 is 13.2 Å². The van der Waals surface area contributed by atoms with Crippen LogP contribution in [0.4, 0.5) is 5.69 Å². The molecule has 0 spiro atoms. The number of aromatic amines is 1. The van der Waals surface area contributed by atoms with E-state index in [-0.39, 0.29) is 11.8 Å². The van der Waals surface area contributed by atoms with Crippen molar-refractivity contribution in [2.45, 2.75) is 37.0 Å². The molecule has 32 heavy (non-hydrogen) atoms. The maximum atomic E-state index is 13.1. The van der Waals surface area contributed by atoms with Gasteiger partial charge in [0.15, 0.2) is 0 Å². The Morgan fingerprint density at radius 3 is 2.62 bits per heavy atom. The summed E-state index contributed by atoms with van der Waals surface area (Å²) in [5.74, 6) is -0.279. The topological polar surface area (TPSA) is 95.2 Å². The number of anilines is 1. The summed E-state index contributed by atoms with van der Waals surface area (Å²) in [5, 5.41) is 9.87. The molecule has 3 aromatic rings. The molecule has 7 nitrogen and oxygen atoms in total. The number of carbonyl (C=O) groups is 1. The van der Waals surface area contributed by atoms with Gasteiger partial charge in [0.05, 0.1) is 10.6 Å². The van der Waals surface area contributed by atoms with Crippen molar-refractivity contribution in [1.82, 2.24) is 14.5 Å². The predicted octanol–water partition coefficient (Wildman–Crippen LogP) is 3.60. The third-order valence-electron chi connectivity index (χ3n) is 6.47. The Hall–Kier alpha value is -2.97. The fourth-order valence-electron chi connectivity index (χ4n) is 4.64. The minimum atomic E-state index is -3.53. The van der Waals surface area contributed by atoms with Crippen molar-refractivity contribution in [3.05, 3.63) is 65.9 Å². The number of aromatic nitrogens is 2. The van der Waals surface area contributed by atoms with Crippen LogP contribution in [-0.2, 0) is 27.7 Å². The van der Waals surface area contributed by atoms with E-state index in [1.807, 2.05) is 42.5 Å². The van der Waals surface area contributed by atoms with Gasteiger partial charge >= 0.3 is 0 Å². The van der Waals surface area contributed by atoms with Crippen LogP contribution in [0.1, 0.15) is 30.4 Å². The molecule has 1 aliphatic heterocycles. The molecule has 0 bridgehead atoms. The Balaban J connectivity index is 1.22. The second-order valence-electron chi connectivity index (χ2n) is 8.50. The SMILES string of the molecule is O=C(Nc1cccc(-c2ccn[nH]2)c1)C1CCN(S(=O)(=O)c2ccc3c(c2)CCC3)CC1. The predicted molar refractivity (Wildman–Crippen MR) is 123 cm³/mol. The molecule has 1 saturated heterocycles. The van der Waals surface area contributed by atoms with E-state index >= 15 is 0 Å². The highest BCUT2D eigenvalue weighted by molar-refractivity contribution is 7.89. The number of piperidine rings is 1. The van der Waals surface area contributed by atoms with Crippen molar-refractivity contribution in [3.8, 4) is 11.3 Å². The maximum absolute atomic E-state index is 13.1. The molecule has 1 amide bonds. The molecule has 2 aromatic carbocycles. The van der Waals surface area contributed by atoms with Gasteiger partial charge in [0.1, 0.15) is 0 Å². The van der Waals surface area contributed by atoms with Gasteiger partial charge in [0.25, 0.3) is 0 Å². The van der Waals surface area contributed by atoms with Gasteiger partial charge in [-0.05, 0) is 73.6 Å². The molecule has 1 fully saturated rings. The Morgan fingerprint density at radius 1 is 1.03 bits per heavy atom. The van der Waals surface area contributed by atoms with Gasteiger partial charge in [-0.3, -0.25) is 9.89 Å². The lowest BCUT2D eigenvalue weighted by atomic mass is 9.97. The van der Waals surface area contributed by atoms with Crippen LogP contribution in [0.5, 0.6) is 0 Å². The van der Waals surface area contributed by atoms with Crippen molar-refractivity contribution >= 4 is 21.6 Å². The molecule has 166 valence electrons. The number of amides is 1. The number of aryl methyl sites for hydroxylation is 2. The second kappa shape index (κ2) is 8.52. The van der Waals surface area contributed by atoms with E-state index < -0.39 is 10.0 Å². The maximum Gasteiger partial charge on any atom is 0.243 e. The summed E-state index contributed by atoms with van der Waals surface area (Å²) in [4.78, 5) is 13.2. The van der Waals surface area contributed by atoms with Crippen molar-refractivity contribution in [2.24, 2.45) is 5.92 Å². The van der Waals surface area contributed by atoms with Gasteiger partial charge < -0.3 is 5.32 Å². The molecule has 0 saturated carbocycles. The Labute approximate surface area is 187 Å². The minimum absolute atomic E-state index is 0.0682. The first-order valence-corrected chi connectivity index (χ1v) is 12.5. The van der Waals surface area contributed by atoms with E-state index in [1.54, 1.807) is 12.3 Å². The number of nitrogens with zero attached hydrogens (tertiary/aromatic N) is 2. The highest BCUT2D eigenvalue weighted by Crippen LogP contribution is 2.29. The molecule has 0 unspecified atom stereocenters. The van der Waals surface area contributed by atoms with Crippen LogP contribution < -0.4 is 5.32 Å². The summed E-state index contributed by atoms with van der Waals surface area (Å²) in [7, 11) is -3.53. The monoisotopic (exact) mass is 450 g/mol. The highest BCUT2D eigenvalue weighted by Gasteiger charge is 2.32. The summed E-state index contributed by atoms with van der Waals surface area (Å²) in [5.41, 5.74) is 4.95. The highest BCUT2D eigenvalue weighted by atomic mass is 32.2. The Morgan fingerprint density at radius 2 is 1.84 bits per heavy atom. The molecule has 2 heterocycles.